The molecule has 0 saturated heterocycles. The van der Waals surface area contributed by atoms with E-state index in [9.17, 15) is 9.59 Å². The lowest BCUT2D eigenvalue weighted by Crippen LogP contribution is -2.15. The van der Waals surface area contributed by atoms with Crippen molar-refractivity contribution in [2.45, 2.75) is 43.6 Å². The molecule has 7 heteroatoms. The Hall–Kier alpha value is -1.79. The van der Waals surface area contributed by atoms with E-state index >= 15 is 0 Å². The fourth-order valence-electron chi connectivity index (χ4n) is 2.51. The first kappa shape index (κ1) is 18.0. The van der Waals surface area contributed by atoms with Crippen molar-refractivity contribution in [1.82, 2.24) is 5.16 Å². The van der Waals surface area contributed by atoms with Gasteiger partial charge in [0, 0.05) is 22.4 Å². The number of benzene rings is 1. The lowest BCUT2D eigenvalue weighted by Gasteiger charge is -2.14. The number of rotatable bonds is 6. The second-order valence-electron chi connectivity index (χ2n) is 6.18. The van der Waals surface area contributed by atoms with Gasteiger partial charge >= 0.3 is 5.97 Å². The summed E-state index contributed by atoms with van der Waals surface area (Å²) in [5.74, 6) is 0.270. The van der Waals surface area contributed by atoms with Crippen LogP contribution in [0, 0.1) is 0 Å². The van der Waals surface area contributed by atoms with Gasteiger partial charge in [-0.3, -0.25) is 4.79 Å². The van der Waals surface area contributed by atoms with E-state index in [1.165, 1.54) is 17.8 Å². The standard InChI is InChI=1S/C18H18ClNO4S/c1-9(2)23-18(22)15-12(19)7-6-11(17(15)25-3)16(21)13-8-14(24-20-13)10-4-5-10/h6-10H,4-5H2,1-3H3. The van der Waals surface area contributed by atoms with Gasteiger partial charge in [-0.1, -0.05) is 16.8 Å². The molecule has 0 unspecified atom stereocenters. The molecule has 0 radical (unpaired) electrons. The fourth-order valence-corrected chi connectivity index (χ4v) is 3.58. The van der Waals surface area contributed by atoms with Gasteiger partial charge in [-0.25, -0.2) is 4.79 Å². The minimum atomic E-state index is -0.544. The summed E-state index contributed by atoms with van der Waals surface area (Å²) >= 11 is 7.48. The average Bonchev–Trinajstić information content (AvgIpc) is 3.30. The molecule has 1 saturated carbocycles. The van der Waals surface area contributed by atoms with E-state index in [0.29, 0.717) is 16.4 Å². The summed E-state index contributed by atoms with van der Waals surface area (Å²) in [5.41, 5.74) is 0.811. The zero-order valence-corrected chi connectivity index (χ0v) is 15.7. The van der Waals surface area contributed by atoms with E-state index in [1.807, 2.05) is 0 Å². The van der Waals surface area contributed by atoms with Gasteiger partial charge in [-0.2, -0.15) is 0 Å². The maximum atomic E-state index is 12.9. The van der Waals surface area contributed by atoms with Gasteiger partial charge in [-0.15, -0.1) is 11.8 Å². The number of hydrogen-bond acceptors (Lipinski definition) is 6. The third-order valence-corrected chi connectivity index (χ3v) is 4.99. The van der Waals surface area contributed by atoms with Gasteiger partial charge in [0.05, 0.1) is 16.7 Å². The molecule has 0 atom stereocenters. The van der Waals surface area contributed by atoms with Crippen molar-refractivity contribution in [2.75, 3.05) is 6.26 Å². The van der Waals surface area contributed by atoms with Crippen LogP contribution in [0.1, 0.15) is 64.8 Å². The number of carbonyl (C=O) groups excluding carboxylic acids is 2. The molecule has 1 heterocycles. The molecule has 1 fully saturated rings. The zero-order chi connectivity index (χ0) is 18.1. The van der Waals surface area contributed by atoms with E-state index in [1.54, 1.807) is 32.2 Å². The molecule has 3 rings (SSSR count). The predicted octanol–water partition coefficient (Wildman–Crippen LogP) is 4.72. The zero-order valence-electron chi connectivity index (χ0n) is 14.2. The first-order valence-electron chi connectivity index (χ1n) is 8.01. The first-order chi connectivity index (χ1) is 11.9. The molecule has 1 aliphatic rings. The Labute approximate surface area is 155 Å². The number of ketones is 1. The number of thioether (sulfide) groups is 1. The topological polar surface area (TPSA) is 69.4 Å². The highest BCUT2D eigenvalue weighted by molar-refractivity contribution is 7.98. The van der Waals surface area contributed by atoms with Gasteiger partial charge < -0.3 is 9.26 Å². The molecule has 2 aromatic rings. The molecule has 0 N–H and O–H groups in total. The number of carbonyl (C=O) groups is 2. The summed E-state index contributed by atoms with van der Waals surface area (Å²) in [5, 5.41) is 4.15. The molecule has 132 valence electrons. The van der Waals surface area contributed by atoms with Crippen LogP contribution in [0.4, 0.5) is 0 Å². The van der Waals surface area contributed by atoms with Crippen molar-refractivity contribution >= 4 is 35.1 Å². The highest BCUT2D eigenvalue weighted by Gasteiger charge is 2.30. The highest BCUT2D eigenvalue weighted by atomic mass is 35.5. The number of halogens is 1. The molecule has 1 aromatic carbocycles. The molecular formula is C18H18ClNO4S. The molecule has 0 amide bonds. The second-order valence-corrected chi connectivity index (χ2v) is 7.40. The molecule has 0 bridgehead atoms. The molecule has 5 nitrogen and oxygen atoms in total. The van der Waals surface area contributed by atoms with Gasteiger partial charge in [0.1, 0.15) is 5.76 Å². The van der Waals surface area contributed by atoms with Crippen LogP contribution < -0.4 is 0 Å². The van der Waals surface area contributed by atoms with Gasteiger partial charge in [0.2, 0.25) is 5.78 Å². The second kappa shape index (κ2) is 7.22. The summed E-state index contributed by atoms with van der Waals surface area (Å²) in [6.07, 6.45) is 3.62. The van der Waals surface area contributed by atoms with Gasteiger partial charge in [0.15, 0.2) is 5.69 Å². The van der Waals surface area contributed by atoms with Crippen LogP contribution in [0.2, 0.25) is 5.02 Å². The number of ether oxygens (including phenoxy) is 1. The van der Waals surface area contributed by atoms with Crippen LogP contribution in [-0.4, -0.2) is 29.3 Å². The van der Waals surface area contributed by atoms with Crippen molar-refractivity contribution in [3.63, 3.8) is 0 Å². The molecule has 1 aliphatic carbocycles. The van der Waals surface area contributed by atoms with Crippen LogP contribution in [-0.2, 0) is 4.74 Å². The summed E-state index contributed by atoms with van der Waals surface area (Å²) in [4.78, 5) is 25.7. The lowest BCUT2D eigenvalue weighted by atomic mass is 10.0. The quantitative estimate of drug-likeness (QED) is 0.410. The SMILES string of the molecule is CSc1c(C(=O)c2cc(C3CC3)on2)ccc(Cl)c1C(=O)OC(C)C. The molecule has 0 spiro atoms. The van der Waals surface area contributed by atoms with Crippen LogP contribution in [0.15, 0.2) is 27.6 Å². The minimum Gasteiger partial charge on any atom is -0.459 e. The van der Waals surface area contributed by atoms with Crippen molar-refractivity contribution in [3.05, 3.63) is 45.8 Å². The Morgan fingerprint density at radius 2 is 2.08 bits per heavy atom. The van der Waals surface area contributed by atoms with Crippen molar-refractivity contribution in [2.24, 2.45) is 0 Å². The number of nitrogens with zero attached hydrogens (tertiary/aromatic N) is 1. The summed E-state index contributed by atoms with van der Waals surface area (Å²) in [6, 6.07) is 4.83. The Balaban J connectivity index is 1.99. The van der Waals surface area contributed by atoms with Gasteiger partial charge in [0.25, 0.3) is 0 Å². The molecule has 1 aromatic heterocycles. The fraction of sp³-hybridized carbons (Fsp3) is 0.389. The van der Waals surface area contributed by atoms with E-state index in [-0.39, 0.29) is 28.2 Å². The van der Waals surface area contributed by atoms with Gasteiger partial charge in [-0.05, 0) is 45.1 Å². The van der Waals surface area contributed by atoms with E-state index in [4.69, 9.17) is 20.9 Å². The van der Waals surface area contributed by atoms with Crippen LogP contribution in [0.25, 0.3) is 0 Å². The Kier molecular flexibility index (Phi) is 5.20. The third-order valence-electron chi connectivity index (χ3n) is 3.84. The predicted molar refractivity (Wildman–Crippen MR) is 95.7 cm³/mol. The summed E-state index contributed by atoms with van der Waals surface area (Å²) in [7, 11) is 0. The molecule has 0 aliphatic heterocycles. The number of hydrogen-bond donors (Lipinski definition) is 0. The molecule has 25 heavy (non-hydrogen) atoms. The van der Waals surface area contributed by atoms with Crippen molar-refractivity contribution in [1.29, 1.82) is 0 Å². The largest absolute Gasteiger partial charge is 0.459 e. The lowest BCUT2D eigenvalue weighted by molar-refractivity contribution is 0.0374. The summed E-state index contributed by atoms with van der Waals surface area (Å²) < 4.78 is 10.5. The first-order valence-corrected chi connectivity index (χ1v) is 9.61. The number of esters is 1. The van der Waals surface area contributed by atoms with Crippen molar-refractivity contribution in [3.8, 4) is 0 Å². The molecular weight excluding hydrogens is 362 g/mol. The van der Waals surface area contributed by atoms with E-state index in [2.05, 4.69) is 5.16 Å². The van der Waals surface area contributed by atoms with Crippen LogP contribution in [0.5, 0.6) is 0 Å². The monoisotopic (exact) mass is 379 g/mol. The smallest absolute Gasteiger partial charge is 0.341 e. The van der Waals surface area contributed by atoms with Crippen molar-refractivity contribution < 1.29 is 18.8 Å². The Bertz CT molecular complexity index is 826. The van der Waals surface area contributed by atoms with Crippen LogP contribution in [0.3, 0.4) is 0 Å². The normalized spacial score (nSPS) is 14.0. The average molecular weight is 380 g/mol. The van der Waals surface area contributed by atoms with E-state index in [0.717, 1.165) is 18.6 Å². The Morgan fingerprint density at radius 1 is 1.36 bits per heavy atom. The maximum absolute atomic E-state index is 12.9. The van der Waals surface area contributed by atoms with Crippen LogP contribution >= 0.6 is 23.4 Å². The Morgan fingerprint density at radius 3 is 2.68 bits per heavy atom. The maximum Gasteiger partial charge on any atom is 0.341 e. The minimum absolute atomic E-state index is 0.208. The summed E-state index contributed by atoms with van der Waals surface area (Å²) in [6.45, 7) is 3.52. The third kappa shape index (κ3) is 3.75. The number of aromatic nitrogens is 1. The van der Waals surface area contributed by atoms with E-state index < -0.39 is 5.97 Å². The highest BCUT2D eigenvalue weighted by Crippen LogP contribution is 2.40.